The minimum absolute atomic E-state index is 0.0720. The second-order valence-corrected chi connectivity index (χ2v) is 5.73. The summed E-state index contributed by atoms with van der Waals surface area (Å²) < 4.78 is 28.2. The summed E-state index contributed by atoms with van der Waals surface area (Å²) in [4.78, 5) is 0.188. The smallest absolute Gasteiger partial charge is 0.175 e. The molecule has 3 N–H and O–H groups in total. The molecule has 0 amide bonds. The van der Waals surface area contributed by atoms with E-state index in [-0.39, 0.29) is 10.7 Å². The van der Waals surface area contributed by atoms with Gasteiger partial charge in [-0.25, -0.2) is 8.42 Å². The molecule has 0 saturated carbocycles. The first kappa shape index (κ1) is 13.5. The van der Waals surface area contributed by atoms with Gasteiger partial charge < -0.3 is 10.5 Å². The van der Waals surface area contributed by atoms with Crippen molar-refractivity contribution in [2.45, 2.75) is 24.3 Å². The Morgan fingerprint density at radius 3 is 2.65 bits per heavy atom. The quantitative estimate of drug-likeness (QED) is 0.611. The van der Waals surface area contributed by atoms with E-state index in [9.17, 15) is 8.42 Å². The van der Waals surface area contributed by atoms with Crippen molar-refractivity contribution in [1.82, 2.24) is 0 Å². The van der Waals surface area contributed by atoms with Crippen molar-refractivity contribution in [3.8, 4) is 5.75 Å². The molecule has 0 saturated heterocycles. The molecule has 0 aliphatic heterocycles. The molecule has 1 unspecified atom stereocenters. The van der Waals surface area contributed by atoms with Crippen LogP contribution >= 0.6 is 0 Å². The Labute approximate surface area is 101 Å². The van der Waals surface area contributed by atoms with Gasteiger partial charge in [-0.15, -0.1) is 0 Å². The van der Waals surface area contributed by atoms with Gasteiger partial charge in [0.1, 0.15) is 11.6 Å². The summed E-state index contributed by atoms with van der Waals surface area (Å²) in [6.45, 7) is 1.84. The zero-order valence-corrected chi connectivity index (χ0v) is 10.6. The number of ether oxygens (including phenoxy) is 1. The number of hydrogen-bond acceptors (Lipinski definition) is 4. The lowest BCUT2D eigenvalue weighted by atomic mass is 10.2. The minimum atomic E-state index is -3.25. The second kappa shape index (κ2) is 5.18. The summed E-state index contributed by atoms with van der Waals surface area (Å²) in [6.07, 6.45) is 1.16. The molecule has 0 spiro atoms. The van der Waals surface area contributed by atoms with Crippen LogP contribution in [0.3, 0.4) is 0 Å². The topological polar surface area (TPSA) is 93.2 Å². The minimum Gasteiger partial charge on any atom is -0.483 e. The molecule has 0 aliphatic carbocycles. The fourth-order valence-electron chi connectivity index (χ4n) is 1.31. The lowest BCUT2D eigenvalue weighted by Gasteiger charge is -2.16. The van der Waals surface area contributed by atoms with Crippen LogP contribution in [0.2, 0.25) is 0 Å². The summed E-state index contributed by atoms with van der Waals surface area (Å²) in [6, 6.07) is 6.16. The first-order valence-corrected chi connectivity index (χ1v) is 7.04. The Hall–Kier alpha value is -1.56. The van der Waals surface area contributed by atoms with Crippen LogP contribution in [0.1, 0.15) is 13.3 Å². The average Bonchev–Trinajstić information content (AvgIpc) is 2.24. The van der Waals surface area contributed by atoms with Crippen molar-refractivity contribution in [2.75, 3.05) is 6.26 Å². The number of rotatable bonds is 5. The normalized spacial score (nSPS) is 13.1. The molecule has 0 aliphatic rings. The summed E-state index contributed by atoms with van der Waals surface area (Å²) in [5.41, 5.74) is 5.36. The number of nitrogens with two attached hydrogens (primary N) is 1. The molecule has 6 heteroatoms. The van der Waals surface area contributed by atoms with Crippen molar-refractivity contribution in [1.29, 1.82) is 5.41 Å². The van der Waals surface area contributed by atoms with Gasteiger partial charge in [-0.3, -0.25) is 5.41 Å². The highest BCUT2D eigenvalue weighted by molar-refractivity contribution is 7.90. The van der Waals surface area contributed by atoms with E-state index in [0.29, 0.717) is 12.2 Å². The van der Waals surface area contributed by atoms with Gasteiger partial charge in [0.2, 0.25) is 0 Å². The van der Waals surface area contributed by atoms with Crippen LogP contribution in [0.5, 0.6) is 5.75 Å². The van der Waals surface area contributed by atoms with Gasteiger partial charge in [-0.1, -0.05) is 13.0 Å². The van der Waals surface area contributed by atoms with Gasteiger partial charge in [-0.05, 0) is 24.6 Å². The Morgan fingerprint density at radius 1 is 1.53 bits per heavy atom. The Bertz CT molecular complexity index is 511. The van der Waals surface area contributed by atoms with Crippen LogP contribution in [0.25, 0.3) is 0 Å². The molecule has 94 valence electrons. The monoisotopic (exact) mass is 256 g/mol. The van der Waals surface area contributed by atoms with Crippen LogP contribution < -0.4 is 10.5 Å². The number of amidine groups is 1. The number of benzene rings is 1. The highest BCUT2D eigenvalue weighted by Crippen LogP contribution is 2.19. The van der Waals surface area contributed by atoms with E-state index in [1.165, 1.54) is 12.1 Å². The van der Waals surface area contributed by atoms with E-state index in [2.05, 4.69) is 0 Å². The zero-order chi connectivity index (χ0) is 13.1. The number of hydrogen-bond donors (Lipinski definition) is 2. The van der Waals surface area contributed by atoms with Crippen molar-refractivity contribution in [3.63, 3.8) is 0 Å². The van der Waals surface area contributed by atoms with Gasteiger partial charge in [0.25, 0.3) is 0 Å². The van der Waals surface area contributed by atoms with E-state index in [4.69, 9.17) is 15.9 Å². The van der Waals surface area contributed by atoms with Crippen molar-refractivity contribution >= 4 is 15.7 Å². The molecular weight excluding hydrogens is 240 g/mol. The van der Waals surface area contributed by atoms with Crippen LogP contribution in [0.15, 0.2) is 29.2 Å². The van der Waals surface area contributed by atoms with E-state index in [1.807, 2.05) is 6.92 Å². The molecule has 0 radical (unpaired) electrons. The second-order valence-electron chi connectivity index (χ2n) is 3.72. The highest BCUT2D eigenvalue weighted by Gasteiger charge is 2.13. The van der Waals surface area contributed by atoms with E-state index in [1.54, 1.807) is 12.1 Å². The van der Waals surface area contributed by atoms with Crippen LogP contribution in [0.4, 0.5) is 0 Å². The van der Waals surface area contributed by atoms with Crippen molar-refractivity contribution in [3.05, 3.63) is 24.3 Å². The maximum Gasteiger partial charge on any atom is 0.175 e. The SMILES string of the molecule is CCC(Oc1cccc(S(C)(=O)=O)c1)C(=N)N. The van der Waals surface area contributed by atoms with Crippen molar-refractivity contribution < 1.29 is 13.2 Å². The zero-order valence-electron chi connectivity index (χ0n) is 9.80. The summed E-state index contributed by atoms with van der Waals surface area (Å²) >= 11 is 0. The molecule has 1 aromatic rings. The van der Waals surface area contributed by atoms with Gasteiger partial charge in [0, 0.05) is 6.26 Å². The maximum absolute atomic E-state index is 11.4. The predicted molar refractivity (Wildman–Crippen MR) is 66.2 cm³/mol. The molecule has 1 rings (SSSR count). The van der Waals surface area contributed by atoms with E-state index >= 15 is 0 Å². The molecule has 0 bridgehead atoms. The average molecular weight is 256 g/mol. The fraction of sp³-hybridized carbons (Fsp3) is 0.364. The lowest BCUT2D eigenvalue weighted by molar-refractivity contribution is 0.260. The molecule has 17 heavy (non-hydrogen) atoms. The van der Waals surface area contributed by atoms with E-state index in [0.717, 1.165) is 6.26 Å². The summed E-state index contributed by atoms with van der Waals surface area (Å²) in [5, 5.41) is 7.31. The third-order valence-corrected chi connectivity index (χ3v) is 3.34. The summed E-state index contributed by atoms with van der Waals surface area (Å²) in [5.74, 6) is 0.326. The van der Waals surface area contributed by atoms with E-state index < -0.39 is 15.9 Å². The number of sulfone groups is 1. The lowest BCUT2D eigenvalue weighted by Crippen LogP contribution is -2.32. The Morgan fingerprint density at radius 2 is 2.18 bits per heavy atom. The first-order chi connectivity index (χ1) is 7.84. The third kappa shape index (κ3) is 3.74. The van der Waals surface area contributed by atoms with Gasteiger partial charge in [0.15, 0.2) is 15.9 Å². The molecule has 0 fully saturated rings. The predicted octanol–water partition coefficient (Wildman–Crippen LogP) is 1.18. The van der Waals surface area contributed by atoms with Gasteiger partial charge in [-0.2, -0.15) is 0 Å². The largest absolute Gasteiger partial charge is 0.483 e. The molecule has 0 aromatic heterocycles. The van der Waals surface area contributed by atoms with Gasteiger partial charge >= 0.3 is 0 Å². The van der Waals surface area contributed by atoms with Gasteiger partial charge in [0.05, 0.1) is 4.90 Å². The molecule has 1 aromatic carbocycles. The van der Waals surface area contributed by atoms with Crippen LogP contribution in [-0.4, -0.2) is 26.6 Å². The first-order valence-electron chi connectivity index (χ1n) is 5.15. The molecule has 1 atom stereocenters. The maximum atomic E-state index is 11.4. The van der Waals surface area contributed by atoms with Crippen LogP contribution in [0, 0.1) is 5.41 Å². The third-order valence-electron chi connectivity index (χ3n) is 2.23. The molecular formula is C11H16N2O3S. The van der Waals surface area contributed by atoms with Crippen molar-refractivity contribution in [2.24, 2.45) is 5.73 Å². The standard InChI is InChI=1S/C11H16N2O3S/c1-3-10(11(12)13)16-8-5-4-6-9(7-8)17(2,14)15/h4-7,10H,3H2,1-2H3,(H3,12,13). The Kier molecular flexibility index (Phi) is 4.11. The van der Waals surface area contributed by atoms with Crippen LogP contribution in [-0.2, 0) is 9.84 Å². The Balaban J connectivity index is 2.97. The summed E-state index contributed by atoms with van der Waals surface area (Å²) in [7, 11) is -3.25. The molecule has 0 heterocycles. The fourth-order valence-corrected chi connectivity index (χ4v) is 1.97. The molecule has 5 nitrogen and oxygen atoms in total. The highest BCUT2D eigenvalue weighted by atomic mass is 32.2. The number of nitrogens with one attached hydrogen (secondary N) is 1.